The van der Waals surface area contributed by atoms with Crippen LogP contribution in [0.15, 0.2) is 30.7 Å². The van der Waals surface area contributed by atoms with E-state index in [2.05, 4.69) is 20.6 Å². The molecule has 0 saturated heterocycles. The second kappa shape index (κ2) is 6.05. The standard InChI is InChI=1S/C12H16N6O/c1-9(10-3-2-5-14-7-10)15-12(19)11-8-18(6-4-13)17-16-11/h2-3,5,7-9H,4,6,13H2,1H3,(H,15,19)/t9-/m0/s1. The fourth-order valence-electron chi connectivity index (χ4n) is 1.63. The molecule has 0 aliphatic carbocycles. The monoisotopic (exact) mass is 260 g/mol. The van der Waals surface area contributed by atoms with Crippen LogP contribution in [0.5, 0.6) is 0 Å². The first kappa shape index (κ1) is 13.2. The van der Waals surface area contributed by atoms with Crippen molar-refractivity contribution in [2.24, 2.45) is 5.73 Å². The first-order valence-corrected chi connectivity index (χ1v) is 6.01. The lowest BCUT2D eigenvalue weighted by Gasteiger charge is -2.12. The van der Waals surface area contributed by atoms with Crippen molar-refractivity contribution in [3.05, 3.63) is 42.0 Å². The zero-order valence-electron chi connectivity index (χ0n) is 10.7. The number of pyridine rings is 1. The van der Waals surface area contributed by atoms with E-state index in [-0.39, 0.29) is 17.6 Å². The number of hydrogen-bond acceptors (Lipinski definition) is 5. The summed E-state index contributed by atoms with van der Waals surface area (Å²) < 4.78 is 1.55. The van der Waals surface area contributed by atoms with Crippen LogP contribution in [0.2, 0.25) is 0 Å². The highest BCUT2D eigenvalue weighted by Crippen LogP contribution is 2.10. The van der Waals surface area contributed by atoms with Gasteiger partial charge in [-0.05, 0) is 18.6 Å². The average molecular weight is 260 g/mol. The van der Waals surface area contributed by atoms with Gasteiger partial charge >= 0.3 is 0 Å². The van der Waals surface area contributed by atoms with Crippen molar-refractivity contribution in [1.29, 1.82) is 0 Å². The minimum Gasteiger partial charge on any atom is -0.344 e. The van der Waals surface area contributed by atoms with Gasteiger partial charge in [0.1, 0.15) is 0 Å². The number of carbonyl (C=O) groups excluding carboxylic acids is 1. The van der Waals surface area contributed by atoms with Crippen molar-refractivity contribution >= 4 is 5.91 Å². The topological polar surface area (TPSA) is 98.7 Å². The zero-order valence-corrected chi connectivity index (χ0v) is 10.7. The summed E-state index contributed by atoms with van der Waals surface area (Å²) >= 11 is 0. The Hall–Kier alpha value is -2.28. The molecule has 3 N–H and O–H groups in total. The van der Waals surface area contributed by atoms with Crippen LogP contribution >= 0.6 is 0 Å². The second-order valence-corrected chi connectivity index (χ2v) is 4.14. The van der Waals surface area contributed by atoms with Crippen molar-refractivity contribution in [1.82, 2.24) is 25.3 Å². The fourth-order valence-corrected chi connectivity index (χ4v) is 1.63. The molecule has 2 aromatic heterocycles. The van der Waals surface area contributed by atoms with Crippen LogP contribution in [0.4, 0.5) is 0 Å². The Bertz CT molecular complexity index is 538. The first-order valence-electron chi connectivity index (χ1n) is 6.01. The van der Waals surface area contributed by atoms with E-state index in [1.165, 1.54) is 0 Å². The summed E-state index contributed by atoms with van der Waals surface area (Å²) in [5.41, 5.74) is 6.62. The lowest BCUT2D eigenvalue weighted by Crippen LogP contribution is -2.27. The number of amides is 1. The highest BCUT2D eigenvalue weighted by molar-refractivity contribution is 5.92. The number of hydrogen-bond donors (Lipinski definition) is 2. The molecule has 1 amide bonds. The van der Waals surface area contributed by atoms with Crippen LogP contribution in [0.25, 0.3) is 0 Å². The number of aromatic nitrogens is 4. The highest BCUT2D eigenvalue weighted by atomic mass is 16.2. The van der Waals surface area contributed by atoms with Crippen LogP contribution in [-0.2, 0) is 6.54 Å². The summed E-state index contributed by atoms with van der Waals surface area (Å²) in [5.74, 6) is -0.264. The molecule has 1 atom stereocenters. The minimum atomic E-state index is -0.264. The van der Waals surface area contributed by atoms with Gasteiger partial charge in [0.05, 0.1) is 18.8 Å². The third-order valence-electron chi connectivity index (χ3n) is 2.66. The Morgan fingerprint density at radius 1 is 1.58 bits per heavy atom. The van der Waals surface area contributed by atoms with Crippen molar-refractivity contribution < 1.29 is 4.79 Å². The van der Waals surface area contributed by atoms with E-state index in [1.807, 2.05) is 19.1 Å². The molecular weight excluding hydrogens is 244 g/mol. The second-order valence-electron chi connectivity index (χ2n) is 4.14. The molecule has 0 aromatic carbocycles. The number of carbonyl (C=O) groups is 1. The maximum atomic E-state index is 12.0. The summed E-state index contributed by atoms with van der Waals surface area (Å²) in [6, 6.07) is 3.60. The minimum absolute atomic E-state index is 0.138. The normalized spacial score (nSPS) is 12.1. The maximum absolute atomic E-state index is 12.0. The molecule has 2 aromatic rings. The van der Waals surface area contributed by atoms with Gasteiger partial charge in [-0.25, -0.2) is 0 Å². The Balaban J connectivity index is 2.00. The van der Waals surface area contributed by atoms with Gasteiger partial charge in [0.15, 0.2) is 5.69 Å². The molecule has 19 heavy (non-hydrogen) atoms. The molecule has 2 heterocycles. The van der Waals surface area contributed by atoms with Crippen LogP contribution in [0.1, 0.15) is 29.0 Å². The van der Waals surface area contributed by atoms with E-state index < -0.39 is 0 Å². The molecule has 0 unspecified atom stereocenters. The predicted molar refractivity (Wildman–Crippen MR) is 69.2 cm³/mol. The average Bonchev–Trinajstić information content (AvgIpc) is 2.89. The van der Waals surface area contributed by atoms with Crippen molar-refractivity contribution in [2.45, 2.75) is 19.5 Å². The van der Waals surface area contributed by atoms with Crippen molar-refractivity contribution in [3.8, 4) is 0 Å². The molecule has 7 heteroatoms. The van der Waals surface area contributed by atoms with E-state index >= 15 is 0 Å². The van der Waals surface area contributed by atoms with Gasteiger partial charge in [0.2, 0.25) is 0 Å². The molecule has 0 spiro atoms. The van der Waals surface area contributed by atoms with Gasteiger partial charge in [-0.2, -0.15) is 0 Å². The molecule has 0 bridgehead atoms. The van der Waals surface area contributed by atoms with Gasteiger partial charge in [-0.3, -0.25) is 14.5 Å². The fraction of sp³-hybridized carbons (Fsp3) is 0.333. The Morgan fingerprint density at radius 3 is 3.11 bits per heavy atom. The summed E-state index contributed by atoms with van der Waals surface area (Å²) in [5, 5.41) is 10.5. The van der Waals surface area contributed by atoms with E-state index in [0.29, 0.717) is 13.1 Å². The largest absolute Gasteiger partial charge is 0.344 e. The molecule has 0 aliphatic rings. The third-order valence-corrected chi connectivity index (χ3v) is 2.66. The quantitative estimate of drug-likeness (QED) is 0.795. The van der Waals surface area contributed by atoms with Gasteiger partial charge < -0.3 is 11.1 Å². The summed E-state index contributed by atoms with van der Waals surface area (Å²) in [6.07, 6.45) is 4.99. The molecule has 0 aliphatic heterocycles. The van der Waals surface area contributed by atoms with Gasteiger partial charge in [0, 0.05) is 18.9 Å². The Kier molecular flexibility index (Phi) is 4.19. The number of nitrogens with one attached hydrogen (secondary N) is 1. The maximum Gasteiger partial charge on any atom is 0.273 e. The van der Waals surface area contributed by atoms with E-state index in [9.17, 15) is 4.79 Å². The SMILES string of the molecule is C[C@H](NC(=O)c1cn(CCN)nn1)c1cccnc1. The first-order chi connectivity index (χ1) is 9.20. The molecule has 0 saturated carbocycles. The van der Waals surface area contributed by atoms with Crippen LogP contribution < -0.4 is 11.1 Å². The number of nitrogens with zero attached hydrogens (tertiary/aromatic N) is 4. The smallest absolute Gasteiger partial charge is 0.273 e. The summed E-state index contributed by atoms with van der Waals surface area (Å²) in [6.45, 7) is 2.88. The lowest BCUT2D eigenvalue weighted by molar-refractivity contribution is 0.0934. The van der Waals surface area contributed by atoms with Gasteiger partial charge in [0.25, 0.3) is 5.91 Å². The van der Waals surface area contributed by atoms with E-state index in [0.717, 1.165) is 5.56 Å². The summed E-state index contributed by atoms with van der Waals surface area (Å²) in [4.78, 5) is 16.0. The Labute approximate surface area is 110 Å². The zero-order chi connectivity index (χ0) is 13.7. The molecule has 0 radical (unpaired) electrons. The number of nitrogens with two attached hydrogens (primary N) is 1. The molecule has 2 rings (SSSR count). The molecule has 7 nitrogen and oxygen atoms in total. The van der Waals surface area contributed by atoms with Crippen LogP contribution in [0.3, 0.4) is 0 Å². The van der Waals surface area contributed by atoms with E-state index in [4.69, 9.17) is 5.73 Å². The predicted octanol–water partition coefficient (Wildman–Crippen LogP) is 0.123. The van der Waals surface area contributed by atoms with Crippen molar-refractivity contribution in [3.63, 3.8) is 0 Å². The highest BCUT2D eigenvalue weighted by Gasteiger charge is 2.14. The molecule has 100 valence electrons. The molecular formula is C12H16N6O. The van der Waals surface area contributed by atoms with Gasteiger partial charge in [-0.1, -0.05) is 11.3 Å². The van der Waals surface area contributed by atoms with Gasteiger partial charge in [-0.15, -0.1) is 5.10 Å². The Morgan fingerprint density at radius 2 is 2.42 bits per heavy atom. The van der Waals surface area contributed by atoms with Crippen LogP contribution in [-0.4, -0.2) is 32.4 Å². The van der Waals surface area contributed by atoms with Crippen molar-refractivity contribution in [2.75, 3.05) is 6.54 Å². The summed E-state index contributed by atoms with van der Waals surface area (Å²) in [7, 11) is 0. The molecule has 0 fully saturated rings. The lowest BCUT2D eigenvalue weighted by atomic mass is 10.1. The van der Waals surface area contributed by atoms with Crippen LogP contribution in [0, 0.1) is 0 Å². The third kappa shape index (κ3) is 3.35. The number of rotatable bonds is 5. The van der Waals surface area contributed by atoms with E-state index in [1.54, 1.807) is 23.3 Å².